The summed E-state index contributed by atoms with van der Waals surface area (Å²) in [7, 11) is 0. The van der Waals surface area contributed by atoms with Crippen LogP contribution in [-0.4, -0.2) is 29.0 Å². The molecular formula is C27H24ClN3O. The molecule has 4 nitrogen and oxygen atoms in total. The van der Waals surface area contributed by atoms with E-state index in [-0.39, 0.29) is 12.6 Å². The SMILES string of the molecule is Cc1cc(NC(C)CO)nc2ccc(C#CC3=CCC=C(c4ccc(Cl)cc4)C=N3)cc12. The van der Waals surface area contributed by atoms with Gasteiger partial charge in [0.1, 0.15) is 11.5 Å². The van der Waals surface area contributed by atoms with Crippen molar-refractivity contribution in [1.82, 2.24) is 4.98 Å². The number of allylic oxidation sites excluding steroid dienone is 4. The van der Waals surface area contributed by atoms with Gasteiger partial charge in [-0.2, -0.15) is 0 Å². The molecule has 0 bridgehead atoms. The van der Waals surface area contributed by atoms with Gasteiger partial charge in [0, 0.05) is 28.2 Å². The summed E-state index contributed by atoms with van der Waals surface area (Å²) in [6.45, 7) is 4.03. The summed E-state index contributed by atoms with van der Waals surface area (Å²) in [4.78, 5) is 9.22. The van der Waals surface area contributed by atoms with Gasteiger partial charge in [0.2, 0.25) is 0 Å². The monoisotopic (exact) mass is 441 g/mol. The van der Waals surface area contributed by atoms with Gasteiger partial charge in [0.25, 0.3) is 0 Å². The Morgan fingerprint density at radius 2 is 1.91 bits per heavy atom. The number of aryl methyl sites for hydroxylation is 1. The molecule has 1 aliphatic rings. The summed E-state index contributed by atoms with van der Waals surface area (Å²) >= 11 is 5.99. The Labute approximate surface area is 193 Å². The number of aliphatic imine (C=N–C) groups is 1. The molecule has 0 aliphatic carbocycles. The number of nitrogens with one attached hydrogen (secondary N) is 1. The van der Waals surface area contributed by atoms with Crippen LogP contribution in [0.15, 0.2) is 71.4 Å². The predicted octanol–water partition coefficient (Wildman–Crippen LogP) is 5.78. The van der Waals surface area contributed by atoms with Crippen LogP contribution in [0.3, 0.4) is 0 Å². The van der Waals surface area contributed by atoms with Gasteiger partial charge in [0.05, 0.1) is 12.1 Å². The molecule has 2 aromatic carbocycles. The fraction of sp³-hybridized carbons (Fsp3) is 0.185. The molecule has 4 rings (SSSR count). The van der Waals surface area contributed by atoms with Crippen molar-refractivity contribution in [2.24, 2.45) is 4.99 Å². The first kappa shape index (κ1) is 21.8. The molecule has 0 saturated heterocycles. The van der Waals surface area contributed by atoms with Gasteiger partial charge in [-0.3, -0.25) is 0 Å². The van der Waals surface area contributed by atoms with Gasteiger partial charge in [-0.15, -0.1) is 0 Å². The molecule has 32 heavy (non-hydrogen) atoms. The Balaban J connectivity index is 1.53. The van der Waals surface area contributed by atoms with Crippen molar-refractivity contribution in [3.8, 4) is 11.8 Å². The molecule has 3 aromatic rings. The normalized spacial score (nSPS) is 14.1. The minimum atomic E-state index is -0.0485. The van der Waals surface area contributed by atoms with Gasteiger partial charge >= 0.3 is 0 Å². The van der Waals surface area contributed by atoms with Crippen LogP contribution in [0.4, 0.5) is 5.82 Å². The Bertz CT molecular complexity index is 1290. The van der Waals surface area contributed by atoms with Crippen LogP contribution in [0.25, 0.3) is 16.5 Å². The fourth-order valence-corrected chi connectivity index (χ4v) is 3.57. The van der Waals surface area contributed by atoms with Crippen LogP contribution in [0.1, 0.15) is 30.0 Å². The van der Waals surface area contributed by atoms with Crippen LogP contribution in [-0.2, 0) is 0 Å². The summed E-state index contributed by atoms with van der Waals surface area (Å²) in [5.74, 6) is 7.18. The number of hydrogen-bond acceptors (Lipinski definition) is 4. The van der Waals surface area contributed by atoms with Gasteiger partial charge in [0.15, 0.2) is 0 Å². The van der Waals surface area contributed by atoms with E-state index in [1.165, 1.54) is 0 Å². The Kier molecular flexibility index (Phi) is 6.70. The number of anilines is 1. The number of aromatic nitrogens is 1. The summed E-state index contributed by atoms with van der Waals surface area (Å²) in [6, 6.07) is 15.7. The van der Waals surface area contributed by atoms with Crippen molar-refractivity contribution in [3.05, 3.63) is 88.1 Å². The molecule has 2 heterocycles. The van der Waals surface area contributed by atoms with Crippen molar-refractivity contribution in [2.75, 3.05) is 11.9 Å². The second-order valence-electron chi connectivity index (χ2n) is 7.78. The first-order valence-corrected chi connectivity index (χ1v) is 10.9. The quantitative estimate of drug-likeness (QED) is 0.504. The number of aliphatic hydroxyl groups excluding tert-OH is 1. The third-order valence-electron chi connectivity index (χ3n) is 5.19. The zero-order valence-corrected chi connectivity index (χ0v) is 18.8. The van der Waals surface area contributed by atoms with E-state index in [2.05, 4.69) is 46.2 Å². The van der Waals surface area contributed by atoms with Crippen molar-refractivity contribution in [2.45, 2.75) is 26.3 Å². The van der Waals surface area contributed by atoms with Crippen LogP contribution < -0.4 is 5.32 Å². The molecular weight excluding hydrogens is 418 g/mol. The lowest BCUT2D eigenvalue weighted by atomic mass is 10.1. The average molecular weight is 442 g/mol. The average Bonchev–Trinajstić information content (AvgIpc) is 3.04. The topological polar surface area (TPSA) is 57.5 Å². The molecule has 0 amide bonds. The third kappa shape index (κ3) is 5.26. The van der Waals surface area contributed by atoms with Crippen molar-refractivity contribution < 1.29 is 5.11 Å². The number of aliphatic hydroxyl groups is 1. The highest BCUT2D eigenvalue weighted by atomic mass is 35.5. The first-order chi connectivity index (χ1) is 15.5. The highest BCUT2D eigenvalue weighted by Crippen LogP contribution is 2.22. The molecule has 160 valence electrons. The lowest BCUT2D eigenvalue weighted by molar-refractivity contribution is 0.281. The smallest absolute Gasteiger partial charge is 0.127 e. The van der Waals surface area contributed by atoms with Crippen LogP contribution in [0.2, 0.25) is 5.02 Å². The predicted molar refractivity (Wildman–Crippen MR) is 134 cm³/mol. The lowest BCUT2D eigenvalue weighted by Crippen LogP contribution is -2.20. The molecule has 1 aliphatic heterocycles. The van der Waals surface area contributed by atoms with E-state index in [4.69, 9.17) is 11.6 Å². The second kappa shape index (κ2) is 9.82. The standard InChI is InChI=1S/C27H24ClN3O/c1-18-14-27(30-19(2)17-32)31-26-13-7-20(15-25(18)26)6-12-24-5-3-4-22(16-29-24)21-8-10-23(28)11-9-21/h4-5,7-11,13-16,19,32H,3,17H2,1-2H3,(H,30,31). The zero-order valence-electron chi connectivity index (χ0n) is 18.1. The van der Waals surface area contributed by atoms with Crippen LogP contribution >= 0.6 is 11.6 Å². The largest absolute Gasteiger partial charge is 0.394 e. The van der Waals surface area contributed by atoms with Crippen molar-refractivity contribution in [3.63, 3.8) is 0 Å². The summed E-state index contributed by atoms with van der Waals surface area (Å²) in [6.07, 6.45) is 6.79. The minimum absolute atomic E-state index is 0.0485. The molecule has 0 spiro atoms. The fourth-order valence-electron chi connectivity index (χ4n) is 3.44. The highest BCUT2D eigenvalue weighted by Gasteiger charge is 2.06. The van der Waals surface area contributed by atoms with E-state index in [0.717, 1.165) is 56.1 Å². The summed E-state index contributed by atoms with van der Waals surface area (Å²) in [5.41, 5.74) is 5.81. The van der Waals surface area contributed by atoms with Gasteiger partial charge in [-0.1, -0.05) is 35.7 Å². The highest BCUT2D eigenvalue weighted by molar-refractivity contribution is 6.30. The zero-order chi connectivity index (χ0) is 22.5. The van der Waals surface area contributed by atoms with E-state index >= 15 is 0 Å². The lowest BCUT2D eigenvalue weighted by Gasteiger charge is -2.13. The summed E-state index contributed by atoms with van der Waals surface area (Å²) in [5, 5.41) is 14.2. The Morgan fingerprint density at radius 3 is 2.69 bits per heavy atom. The van der Waals surface area contributed by atoms with Gasteiger partial charge in [-0.25, -0.2) is 9.98 Å². The molecule has 1 aromatic heterocycles. The molecule has 2 N–H and O–H groups in total. The van der Waals surface area contributed by atoms with E-state index < -0.39 is 0 Å². The second-order valence-corrected chi connectivity index (χ2v) is 8.22. The molecule has 0 fully saturated rings. The first-order valence-electron chi connectivity index (χ1n) is 10.5. The molecule has 1 atom stereocenters. The third-order valence-corrected chi connectivity index (χ3v) is 5.44. The Hall–Kier alpha value is -3.39. The van der Waals surface area contributed by atoms with E-state index in [9.17, 15) is 5.11 Å². The maximum absolute atomic E-state index is 9.25. The number of rotatable bonds is 4. The molecule has 0 radical (unpaired) electrons. The van der Waals surface area contributed by atoms with Crippen LogP contribution in [0, 0.1) is 18.8 Å². The summed E-state index contributed by atoms with van der Waals surface area (Å²) < 4.78 is 0. The van der Waals surface area contributed by atoms with Crippen LogP contribution in [0.5, 0.6) is 0 Å². The van der Waals surface area contributed by atoms with E-state index in [0.29, 0.717) is 0 Å². The number of nitrogens with zero attached hydrogens (tertiary/aromatic N) is 2. The van der Waals surface area contributed by atoms with Gasteiger partial charge in [-0.05, 0) is 85.4 Å². The maximum atomic E-state index is 9.25. The minimum Gasteiger partial charge on any atom is -0.394 e. The number of fused-ring (bicyclic) bond motifs is 1. The maximum Gasteiger partial charge on any atom is 0.127 e. The number of benzene rings is 2. The van der Waals surface area contributed by atoms with E-state index in [1.54, 1.807) is 0 Å². The number of pyridine rings is 1. The molecule has 5 heteroatoms. The van der Waals surface area contributed by atoms with E-state index in [1.807, 2.05) is 61.7 Å². The Morgan fingerprint density at radius 1 is 1.09 bits per heavy atom. The number of halogens is 1. The number of hydrogen-bond donors (Lipinski definition) is 2. The molecule has 0 saturated carbocycles. The molecule has 1 unspecified atom stereocenters. The van der Waals surface area contributed by atoms with Crippen molar-refractivity contribution >= 4 is 40.1 Å². The van der Waals surface area contributed by atoms with Gasteiger partial charge < -0.3 is 10.4 Å². The van der Waals surface area contributed by atoms with Crippen molar-refractivity contribution in [1.29, 1.82) is 0 Å².